The Hall–Kier alpha value is -1.58. The monoisotopic (exact) mass is 273 g/mol. The molecule has 0 aliphatic rings. The van der Waals surface area contributed by atoms with E-state index in [9.17, 15) is 0 Å². The van der Waals surface area contributed by atoms with Crippen molar-refractivity contribution < 1.29 is 9.47 Å². The number of hydrogen-bond acceptors (Lipinski definition) is 3. The fraction of sp³-hybridized carbons (Fsp3) is 0.412. The first-order valence-corrected chi connectivity index (χ1v) is 7.13. The van der Waals surface area contributed by atoms with Gasteiger partial charge in [0.1, 0.15) is 5.75 Å². The number of nitrogens with two attached hydrogens (primary N) is 1. The van der Waals surface area contributed by atoms with Gasteiger partial charge in [-0.3, -0.25) is 0 Å². The third-order valence-electron chi connectivity index (χ3n) is 3.34. The average molecular weight is 273 g/mol. The van der Waals surface area contributed by atoms with Gasteiger partial charge in [0, 0.05) is 12.6 Å². The molecule has 2 aromatic rings. The van der Waals surface area contributed by atoms with Gasteiger partial charge in [0.25, 0.3) is 0 Å². The van der Waals surface area contributed by atoms with E-state index in [2.05, 4.69) is 37.3 Å². The van der Waals surface area contributed by atoms with Gasteiger partial charge < -0.3 is 15.2 Å². The Kier molecular flexibility index (Phi) is 5.39. The lowest BCUT2D eigenvalue weighted by Gasteiger charge is -2.14. The number of methoxy groups -OCH3 is 1. The molecule has 2 N–H and O–H groups in total. The SMILES string of the molecule is CCCOCC(N)Cc1cccc2ccc(OC)cc12. The van der Waals surface area contributed by atoms with Crippen molar-refractivity contribution in [1.82, 2.24) is 0 Å². The van der Waals surface area contributed by atoms with Crippen LogP contribution in [0.1, 0.15) is 18.9 Å². The lowest BCUT2D eigenvalue weighted by Crippen LogP contribution is -2.28. The fourth-order valence-electron chi connectivity index (χ4n) is 2.34. The third kappa shape index (κ3) is 3.71. The summed E-state index contributed by atoms with van der Waals surface area (Å²) in [7, 11) is 1.69. The van der Waals surface area contributed by atoms with Gasteiger partial charge in [-0.15, -0.1) is 0 Å². The Morgan fingerprint density at radius 2 is 2.05 bits per heavy atom. The Morgan fingerprint density at radius 3 is 2.80 bits per heavy atom. The fourth-order valence-corrected chi connectivity index (χ4v) is 2.34. The van der Waals surface area contributed by atoms with Gasteiger partial charge in [-0.25, -0.2) is 0 Å². The standard InChI is InChI=1S/C17H23NO2/c1-3-9-20-12-15(18)10-14-6-4-5-13-7-8-16(19-2)11-17(13)14/h4-8,11,15H,3,9-10,12,18H2,1-2H3. The Balaban J connectivity index is 2.16. The van der Waals surface area contributed by atoms with Crippen molar-refractivity contribution in [3.8, 4) is 5.75 Å². The summed E-state index contributed by atoms with van der Waals surface area (Å²) >= 11 is 0. The molecule has 0 spiro atoms. The van der Waals surface area contributed by atoms with Crippen molar-refractivity contribution >= 4 is 10.8 Å². The lowest BCUT2D eigenvalue weighted by atomic mass is 9.99. The minimum absolute atomic E-state index is 0.0263. The molecule has 0 saturated heterocycles. The van der Waals surface area contributed by atoms with Crippen LogP contribution >= 0.6 is 0 Å². The molecule has 0 saturated carbocycles. The van der Waals surface area contributed by atoms with Crippen LogP contribution in [0.5, 0.6) is 5.75 Å². The van der Waals surface area contributed by atoms with Gasteiger partial charge >= 0.3 is 0 Å². The zero-order valence-electron chi connectivity index (χ0n) is 12.3. The lowest BCUT2D eigenvalue weighted by molar-refractivity contribution is 0.121. The van der Waals surface area contributed by atoms with Gasteiger partial charge in [-0.1, -0.05) is 31.2 Å². The second-order valence-electron chi connectivity index (χ2n) is 5.04. The van der Waals surface area contributed by atoms with Crippen molar-refractivity contribution in [3.05, 3.63) is 42.0 Å². The summed E-state index contributed by atoms with van der Waals surface area (Å²) in [5, 5.41) is 2.42. The summed E-state index contributed by atoms with van der Waals surface area (Å²) in [6.45, 7) is 3.48. The summed E-state index contributed by atoms with van der Waals surface area (Å²) in [5.41, 5.74) is 7.40. The van der Waals surface area contributed by atoms with Crippen molar-refractivity contribution in [1.29, 1.82) is 0 Å². The van der Waals surface area contributed by atoms with Gasteiger partial charge in [0.05, 0.1) is 13.7 Å². The maximum atomic E-state index is 6.15. The quantitative estimate of drug-likeness (QED) is 0.788. The van der Waals surface area contributed by atoms with E-state index in [-0.39, 0.29) is 6.04 Å². The highest BCUT2D eigenvalue weighted by molar-refractivity contribution is 5.87. The molecule has 1 unspecified atom stereocenters. The topological polar surface area (TPSA) is 44.5 Å². The molecule has 108 valence electrons. The average Bonchev–Trinajstić information content (AvgIpc) is 2.47. The van der Waals surface area contributed by atoms with Gasteiger partial charge in [-0.05, 0) is 41.3 Å². The highest BCUT2D eigenvalue weighted by atomic mass is 16.5. The number of rotatable bonds is 7. The van der Waals surface area contributed by atoms with E-state index in [4.69, 9.17) is 15.2 Å². The summed E-state index contributed by atoms with van der Waals surface area (Å²) in [6.07, 6.45) is 1.84. The highest BCUT2D eigenvalue weighted by Gasteiger charge is 2.08. The highest BCUT2D eigenvalue weighted by Crippen LogP contribution is 2.24. The molecule has 0 aliphatic carbocycles. The van der Waals surface area contributed by atoms with E-state index in [1.165, 1.54) is 16.3 Å². The van der Waals surface area contributed by atoms with Crippen molar-refractivity contribution in [2.75, 3.05) is 20.3 Å². The maximum Gasteiger partial charge on any atom is 0.119 e. The molecule has 0 amide bonds. The number of hydrogen-bond donors (Lipinski definition) is 1. The van der Waals surface area contributed by atoms with Crippen LogP contribution in [0.25, 0.3) is 10.8 Å². The van der Waals surface area contributed by atoms with Gasteiger partial charge in [0.15, 0.2) is 0 Å². The minimum atomic E-state index is 0.0263. The van der Waals surface area contributed by atoms with E-state index in [1.807, 2.05) is 6.07 Å². The number of fused-ring (bicyclic) bond motifs is 1. The van der Waals surface area contributed by atoms with Crippen LogP contribution in [-0.2, 0) is 11.2 Å². The summed E-state index contributed by atoms with van der Waals surface area (Å²) < 4.78 is 10.8. The van der Waals surface area contributed by atoms with Gasteiger partial charge in [0.2, 0.25) is 0 Å². The normalized spacial score (nSPS) is 12.6. The molecule has 2 aromatic carbocycles. The molecule has 0 bridgehead atoms. The van der Waals surface area contributed by atoms with E-state index < -0.39 is 0 Å². The van der Waals surface area contributed by atoms with Crippen molar-refractivity contribution in [3.63, 3.8) is 0 Å². The number of benzene rings is 2. The van der Waals surface area contributed by atoms with Gasteiger partial charge in [-0.2, -0.15) is 0 Å². The molecule has 1 atom stereocenters. The Bertz CT molecular complexity index is 554. The molecule has 0 fully saturated rings. The summed E-state index contributed by atoms with van der Waals surface area (Å²) in [6, 6.07) is 12.5. The second kappa shape index (κ2) is 7.27. The zero-order chi connectivity index (χ0) is 14.4. The minimum Gasteiger partial charge on any atom is -0.497 e. The first-order chi connectivity index (χ1) is 9.74. The van der Waals surface area contributed by atoms with E-state index in [1.54, 1.807) is 7.11 Å². The number of ether oxygens (including phenoxy) is 2. The second-order valence-corrected chi connectivity index (χ2v) is 5.04. The molecular formula is C17H23NO2. The van der Waals surface area contributed by atoms with Crippen LogP contribution in [0.2, 0.25) is 0 Å². The first-order valence-electron chi connectivity index (χ1n) is 7.13. The zero-order valence-corrected chi connectivity index (χ0v) is 12.3. The molecule has 0 radical (unpaired) electrons. The summed E-state index contributed by atoms with van der Waals surface area (Å²) in [5.74, 6) is 0.876. The van der Waals surface area contributed by atoms with Crippen LogP contribution in [-0.4, -0.2) is 26.4 Å². The van der Waals surface area contributed by atoms with E-state index >= 15 is 0 Å². The Morgan fingerprint density at radius 1 is 1.20 bits per heavy atom. The van der Waals surface area contributed by atoms with Crippen LogP contribution in [0, 0.1) is 0 Å². The predicted octanol–water partition coefficient (Wildman–Crippen LogP) is 3.14. The predicted molar refractivity (Wildman–Crippen MR) is 83.3 cm³/mol. The molecular weight excluding hydrogens is 250 g/mol. The van der Waals surface area contributed by atoms with Crippen LogP contribution in [0.15, 0.2) is 36.4 Å². The molecule has 0 aromatic heterocycles. The molecule has 3 nitrogen and oxygen atoms in total. The maximum absolute atomic E-state index is 6.15. The molecule has 3 heteroatoms. The summed E-state index contributed by atoms with van der Waals surface area (Å²) in [4.78, 5) is 0. The van der Waals surface area contributed by atoms with Crippen molar-refractivity contribution in [2.24, 2.45) is 5.73 Å². The molecule has 0 aliphatic heterocycles. The molecule has 20 heavy (non-hydrogen) atoms. The Labute approximate surface area is 120 Å². The molecule has 2 rings (SSSR count). The van der Waals surface area contributed by atoms with E-state index in [0.29, 0.717) is 6.61 Å². The van der Waals surface area contributed by atoms with E-state index in [0.717, 1.165) is 25.2 Å². The molecule has 0 heterocycles. The third-order valence-corrected chi connectivity index (χ3v) is 3.34. The van der Waals surface area contributed by atoms with Crippen LogP contribution < -0.4 is 10.5 Å². The van der Waals surface area contributed by atoms with Crippen LogP contribution in [0.4, 0.5) is 0 Å². The van der Waals surface area contributed by atoms with Crippen molar-refractivity contribution in [2.45, 2.75) is 25.8 Å². The largest absolute Gasteiger partial charge is 0.497 e. The van der Waals surface area contributed by atoms with Crippen LogP contribution in [0.3, 0.4) is 0 Å². The first kappa shape index (κ1) is 14.8. The smallest absolute Gasteiger partial charge is 0.119 e.